The van der Waals surface area contributed by atoms with Crippen LogP contribution in [0.3, 0.4) is 0 Å². The summed E-state index contributed by atoms with van der Waals surface area (Å²) < 4.78 is 0. The van der Waals surface area contributed by atoms with Crippen LogP contribution in [0, 0.1) is 0 Å². The lowest BCUT2D eigenvalue weighted by atomic mass is 10.1. The summed E-state index contributed by atoms with van der Waals surface area (Å²) in [6, 6.07) is 14.0. The van der Waals surface area contributed by atoms with Gasteiger partial charge in [-0.2, -0.15) is 5.10 Å². The first-order valence-electron chi connectivity index (χ1n) is 8.47. The minimum absolute atomic E-state index is 0.231. The lowest BCUT2D eigenvalue weighted by molar-refractivity contribution is 0.949. The standard InChI is InChI=1S/C19H19ClN4O/c20-18-16-11-14(7-8-15(16)19(25)23-22-18)21-12-13-5-1-2-6-17(13)24-9-3-4-10-24/h1-2,5-8,11,21H,3-4,9-10,12H2,(H,23,25). The number of aromatic nitrogens is 2. The number of hydrogen-bond donors (Lipinski definition) is 2. The highest BCUT2D eigenvalue weighted by Gasteiger charge is 2.15. The molecule has 1 aliphatic heterocycles. The summed E-state index contributed by atoms with van der Waals surface area (Å²) in [4.78, 5) is 14.3. The molecule has 2 aromatic carbocycles. The molecule has 0 radical (unpaired) electrons. The quantitative estimate of drug-likeness (QED) is 0.748. The van der Waals surface area contributed by atoms with E-state index in [9.17, 15) is 4.79 Å². The normalized spacial score (nSPS) is 14.2. The van der Waals surface area contributed by atoms with Crippen molar-refractivity contribution in [2.45, 2.75) is 19.4 Å². The van der Waals surface area contributed by atoms with Crippen LogP contribution in [0.1, 0.15) is 18.4 Å². The molecule has 0 amide bonds. The highest BCUT2D eigenvalue weighted by molar-refractivity contribution is 6.34. The van der Waals surface area contributed by atoms with Crippen LogP contribution in [0.5, 0.6) is 0 Å². The largest absolute Gasteiger partial charge is 0.381 e. The van der Waals surface area contributed by atoms with E-state index in [1.54, 1.807) is 6.07 Å². The predicted molar refractivity (Wildman–Crippen MR) is 103 cm³/mol. The van der Waals surface area contributed by atoms with Gasteiger partial charge in [0.1, 0.15) is 0 Å². The molecule has 0 saturated carbocycles. The van der Waals surface area contributed by atoms with Crippen molar-refractivity contribution < 1.29 is 0 Å². The molecule has 0 bridgehead atoms. The molecular weight excluding hydrogens is 336 g/mol. The Balaban J connectivity index is 1.59. The van der Waals surface area contributed by atoms with Crippen molar-refractivity contribution in [2.24, 2.45) is 0 Å². The van der Waals surface area contributed by atoms with Crippen molar-refractivity contribution in [3.05, 3.63) is 63.5 Å². The van der Waals surface area contributed by atoms with Gasteiger partial charge in [-0.1, -0.05) is 29.8 Å². The van der Waals surface area contributed by atoms with Gasteiger partial charge in [0.05, 0.1) is 5.39 Å². The van der Waals surface area contributed by atoms with Crippen LogP contribution in [0.15, 0.2) is 47.3 Å². The van der Waals surface area contributed by atoms with Gasteiger partial charge in [-0.05, 0) is 42.7 Å². The number of anilines is 2. The van der Waals surface area contributed by atoms with E-state index in [0.717, 1.165) is 18.8 Å². The first kappa shape index (κ1) is 16.0. The van der Waals surface area contributed by atoms with E-state index >= 15 is 0 Å². The molecule has 0 spiro atoms. The number of hydrogen-bond acceptors (Lipinski definition) is 4. The smallest absolute Gasteiger partial charge is 0.272 e. The predicted octanol–water partition coefficient (Wildman–Crippen LogP) is 3.79. The molecule has 3 aromatic rings. The Kier molecular flexibility index (Phi) is 4.32. The highest BCUT2D eigenvalue weighted by atomic mass is 35.5. The fourth-order valence-electron chi connectivity index (χ4n) is 3.37. The van der Waals surface area contributed by atoms with Crippen LogP contribution < -0.4 is 15.8 Å². The number of para-hydroxylation sites is 1. The van der Waals surface area contributed by atoms with E-state index in [2.05, 4.69) is 44.7 Å². The molecule has 5 nitrogen and oxygen atoms in total. The highest BCUT2D eigenvalue weighted by Crippen LogP contribution is 2.26. The maximum absolute atomic E-state index is 11.8. The molecule has 0 aliphatic carbocycles. The van der Waals surface area contributed by atoms with E-state index in [-0.39, 0.29) is 5.56 Å². The molecule has 4 rings (SSSR count). The number of nitrogens with zero attached hydrogens (tertiary/aromatic N) is 2. The van der Waals surface area contributed by atoms with Gasteiger partial charge in [0.2, 0.25) is 0 Å². The van der Waals surface area contributed by atoms with Gasteiger partial charge >= 0.3 is 0 Å². The summed E-state index contributed by atoms with van der Waals surface area (Å²) in [5.41, 5.74) is 3.24. The molecule has 25 heavy (non-hydrogen) atoms. The average molecular weight is 355 g/mol. The van der Waals surface area contributed by atoms with Gasteiger partial charge in [0.25, 0.3) is 5.56 Å². The van der Waals surface area contributed by atoms with Crippen LogP contribution >= 0.6 is 11.6 Å². The number of halogens is 1. The first-order valence-corrected chi connectivity index (χ1v) is 8.85. The number of nitrogens with one attached hydrogen (secondary N) is 2. The Hall–Kier alpha value is -2.53. The lowest BCUT2D eigenvalue weighted by Gasteiger charge is -2.21. The SMILES string of the molecule is O=c1[nH]nc(Cl)c2cc(NCc3ccccc3N3CCCC3)ccc12. The molecule has 1 aliphatic rings. The molecule has 6 heteroatoms. The molecule has 0 unspecified atom stereocenters. The zero-order chi connectivity index (χ0) is 17.2. The van der Waals surface area contributed by atoms with E-state index < -0.39 is 0 Å². The number of benzene rings is 2. The second-order valence-electron chi connectivity index (χ2n) is 6.28. The second-order valence-corrected chi connectivity index (χ2v) is 6.64. The molecule has 0 atom stereocenters. The minimum atomic E-state index is -0.231. The Morgan fingerprint density at radius 1 is 1.12 bits per heavy atom. The van der Waals surface area contributed by atoms with E-state index in [1.807, 2.05) is 12.1 Å². The van der Waals surface area contributed by atoms with Gasteiger partial charge in [-0.15, -0.1) is 0 Å². The van der Waals surface area contributed by atoms with E-state index in [0.29, 0.717) is 22.5 Å². The Morgan fingerprint density at radius 2 is 1.92 bits per heavy atom. The van der Waals surface area contributed by atoms with Crippen LogP contribution in [0.4, 0.5) is 11.4 Å². The Bertz CT molecular complexity index is 963. The summed E-state index contributed by atoms with van der Waals surface area (Å²) >= 11 is 6.11. The van der Waals surface area contributed by atoms with Gasteiger partial charge < -0.3 is 10.2 Å². The number of fused-ring (bicyclic) bond motifs is 1. The van der Waals surface area contributed by atoms with E-state index in [1.165, 1.54) is 24.1 Å². The molecule has 1 fully saturated rings. The van der Waals surface area contributed by atoms with Crippen molar-refractivity contribution in [3.8, 4) is 0 Å². The molecule has 128 valence electrons. The maximum Gasteiger partial charge on any atom is 0.272 e. The van der Waals surface area contributed by atoms with Crippen molar-refractivity contribution in [1.29, 1.82) is 0 Å². The maximum atomic E-state index is 11.8. The summed E-state index contributed by atoms with van der Waals surface area (Å²) in [6.07, 6.45) is 2.51. The third-order valence-electron chi connectivity index (χ3n) is 4.66. The zero-order valence-corrected chi connectivity index (χ0v) is 14.5. The molecular formula is C19H19ClN4O. The van der Waals surface area contributed by atoms with Crippen molar-refractivity contribution >= 4 is 33.7 Å². The number of H-pyrrole nitrogens is 1. The topological polar surface area (TPSA) is 61.0 Å². The van der Waals surface area contributed by atoms with Gasteiger partial charge in [0, 0.05) is 36.4 Å². The fourth-order valence-corrected chi connectivity index (χ4v) is 3.57. The second kappa shape index (κ2) is 6.76. The monoisotopic (exact) mass is 354 g/mol. The molecule has 2 N–H and O–H groups in total. The number of aromatic amines is 1. The molecule has 1 saturated heterocycles. The average Bonchev–Trinajstić information content (AvgIpc) is 3.18. The summed E-state index contributed by atoms with van der Waals surface area (Å²) in [6.45, 7) is 2.96. The summed E-state index contributed by atoms with van der Waals surface area (Å²) in [7, 11) is 0. The molecule has 1 aromatic heterocycles. The fraction of sp³-hybridized carbons (Fsp3) is 0.263. The van der Waals surface area contributed by atoms with Gasteiger partial charge in [-0.3, -0.25) is 4.79 Å². The van der Waals surface area contributed by atoms with Crippen molar-refractivity contribution in [1.82, 2.24) is 10.2 Å². The molecule has 2 heterocycles. The minimum Gasteiger partial charge on any atom is -0.381 e. The third kappa shape index (κ3) is 3.20. The van der Waals surface area contributed by atoms with Crippen molar-refractivity contribution in [2.75, 3.05) is 23.3 Å². The van der Waals surface area contributed by atoms with Crippen LogP contribution in [0.25, 0.3) is 10.8 Å². The number of rotatable bonds is 4. The van der Waals surface area contributed by atoms with Gasteiger partial charge in [-0.25, -0.2) is 5.10 Å². The summed E-state index contributed by atoms with van der Waals surface area (Å²) in [5, 5.41) is 11.2. The zero-order valence-electron chi connectivity index (χ0n) is 13.8. The van der Waals surface area contributed by atoms with Crippen molar-refractivity contribution in [3.63, 3.8) is 0 Å². The Labute approximate surface area is 150 Å². The first-order chi connectivity index (χ1) is 12.2. The summed E-state index contributed by atoms with van der Waals surface area (Å²) in [5.74, 6) is 0. The van der Waals surface area contributed by atoms with Crippen LogP contribution in [0.2, 0.25) is 5.15 Å². The van der Waals surface area contributed by atoms with Gasteiger partial charge in [0.15, 0.2) is 5.15 Å². The van der Waals surface area contributed by atoms with Crippen LogP contribution in [-0.4, -0.2) is 23.3 Å². The van der Waals surface area contributed by atoms with E-state index in [4.69, 9.17) is 11.6 Å². The Morgan fingerprint density at radius 3 is 2.76 bits per heavy atom. The third-order valence-corrected chi connectivity index (χ3v) is 4.95. The lowest BCUT2D eigenvalue weighted by Crippen LogP contribution is -2.19. The van der Waals surface area contributed by atoms with Crippen LogP contribution in [-0.2, 0) is 6.54 Å².